The number of imide groups is 1. The van der Waals surface area contributed by atoms with Gasteiger partial charge in [0.2, 0.25) is 17.7 Å². The maximum Gasteiger partial charge on any atom is 0.233 e. The van der Waals surface area contributed by atoms with Crippen LogP contribution in [-0.2, 0) is 33.8 Å². The number of piperidine rings is 1. The minimum atomic E-state index is -0.137. The molecule has 1 heterocycles. The largest absolute Gasteiger partial charge is 0.352 e. The molecule has 3 aromatic carbocycles. The molecule has 3 amide bonds. The summed E-state index contributed by atoms with van der Waals surface area (Å²) >= 11 is 0. The molecule has 0 radical (unpaired) electrons. The predicted molar refractivity (Wildman–Crippen MR) is 163 cm³/mol. The minimum absolute atomic E-state index is 0.105. The Hall–Kier alpha value is -3.77. The Morgan fingerprint density at radius 2 is 1.39 bits per heavy atom. The van der Waals surface area contributed by atoms with Gasteiger partial charge in [0.25, 0.3) is 0 Å². The smallest absolute Gasteiger partial charge is 0.233 e. The highest BCUT2D eigenvalue weighted by molar-refractivity contribution is 5.97. The summed E-state index contributed by atoms with van der Waals surface area (Å²) < 4.78 is 0. The lowest BCUT2D eigenvalue weighted by molar-refractivity contribution is -0.144. The third kappa shape index (κ3) is 9.68. The zero-order chi connectivity index (χ0) is 28.9. The van der Waals surface area contributed by atoms with Gasteiger partial charge in [-0.2, -0.15) is 0 Å². The Labute approximate surface area is 244 Å². The monoisotopic (exact) mass is 553 g/mol. The van der Waals surface area contributed by atoms with Crippen molar-refractivity contribution in [2.45, 2.75) is 64.3 Å². The standard InChI is InChI=1S/C35H43N3O3/c1-2-11-33(39)36-27-30-16-9-17-32(24-30)31-18-22-37(23-19-31)20-10-21-38(34(40)25-28-12-5-3-6-13-28)35(41)26-29-14-7-4-8-15-29/h3-9,12-17,24,31H,2,10-11,18-23,25-27H2,1H3,(H,36,39). The van der Waals surface area contributed by atoms with Gasteiger partial charge in [-0.1, -0.05) is 91.9 Å². The molecule has 0 aromatic heterocycles. The van der Waals surface area contributed by atoms with Crippen LogP contribution in [0, 0.1) is 0 Å². The SMILES string of the molecule is CCCC(=O)NCc1cccc(C2CCN(CCCN(C(=O)Cc3ccccc3)C(=O)Cc3ccccc3)CC2)c1. The molecule has 41 heavy (non-hydrogen) atoms. The average molecular weight is 554 g/mol. The number of carbonyl (C=O) groups is 3. The number of hydrogen-bond acceptors (Lipinski definition) is 4. The van der Waals surface area contributed by atoms with Crippen LogP contribution in [0.3, 0.4) is 0 Å². The van der Waals surface area contributed by atoms with Gasteiger partial charge in [-0.05, 0) is 73.5 Å². The molecule has 1 fully saturated rings. The summed E-state index contributed by atoms with van der Waals surface area (Å²) in [5.74, 6) is 0.338. The van der Waals surface area contributed by atoms with Crippen LogP contribution in [0.1, 0.15) is 67.2 Å². The van der Waals surface area contributed by atoms with Crippen LogP contribution < -0.4 is 5.32 Å². The summed E-state index contributed by atoms with van der Waals surface area (Å²) in [5, 5.41) is 3.01. The lowest BCUT2D eigenvalue weighted by atomic mass is 9.88. The van der Waals surface area contributed by atoms with E-state index in [2.05, 4.69) is 34.5 Å². The summed E-state index contributed by atoms with van der Waals surface area (Å²) in [7, 11) is 0. The highest BCUT2D eigenvalue weighted by atomic mass is 16.2. The van der Waals surface area contributed by atoms with Gasteiger partial charge in [0.1, 0.15) is 0 Å². The third-order valence-corrected chi connectivity index (χ3v) is 7.83. The highest BCUT2D eigenvalue weighted by Gasteiger charge is 2.24. The van der Waals surface area contributed by atoms with Gasteiger partial charge in [-0.15, -0.1) is 0 Å². The number of hydrogen-bond donors (Lipinski definition) is 1. The number of amides is 3. The zero-order valence-electron chi connectivity index (χ0n) is 24.3. The zero-order valence-corrected chi connectivity index (χ0v) is 24.3. The first kappa shape index (κ1) is 30.2. The predicted octanol–water partition coefficient (Wildman–Crippen LogP) is 5.51. The number of likely N-dealkylation sites (tertiary alicyclic amines) is 1. The summed E-state index contributed by atoms with van der Waals surface area (Å²) in [6.45, 7) is 5.89. The van der Waals surface area contributed by atoms with Crippen LogP contribution in [0.15, 0.2) is 84.9 Å². The molecule has 4 rings (SSSR count). The molecule has 0 aliphatic carbocycles. The second kappa shape index (κ2) is 15.9. The van der Waals surface area contributed by atoms with Crippen LogP contribution >= 0.6 is 0 Å². The Balaban J connectivity index is 1.27. The number of carbonyl (C=O) groups excluding carboxylic acids is 3. The fourth-order valence-electron chi connectivity index (χ4n) is 5.54. The van der Waals surface area contributed by atoms with E-state index in [-0.39, 0.29) is 30.6 Å². The molecule has 1 N–H and O–H groups in total. The average Bonchev–Trinajstić information content (AvgIpc) is 3.00. The quantitative estimate of drug-likeness (QED) is 0.303. The minimum Gasteiger partial charge on any atom is -0.352 e. The Kier molecular flexibility index (Phi) is 11.7. The van der Waals surface area contributed by atoms with Crippen LogP contribution in [0.2, 0.25) is 0 Å². The maximum atomic E-state index is 13.2. The first-order valence-electron chi connectivity index (χ1n) is 15.0. The van der Waals surface area contributed by atoms with Gasteiger partial charge < -0.3 is 10.2 Å². The second-order valence-electron chi connectivity index (χ2n) is 11.0. The molecular weight excluding hydrogens is 510 g/mol. The van der Waals surface area contributed by atoms with Gasteiger partial charge in [0.15, 0.2) is 0 Å². The van der Waals surface area contributed by atoms with Crippen molar-refractivity contribution in [1.29, 1.82) is 0 Å². The lowest BCUT2D eigenvalue weighted by Crippen LogP contribution is -2.41. The van der Waals surface area contributed by atoms with Crippen LogP contribution in [0.5, 0.6) is 0 Å². The van der Waals surface area contributed by atoms with Gasteiger partial charge >= 0.3 is 0 Å². The molecule has 6 heteroatoms. The summed E-state index contributed by atoms with van der Waals surface area (Å²) in [6.07, 6.45) is 4.81. The fourth-order valence-corrected chi connectivity index (χ4v) is 5.54. The topological polar surface area (TPSA) is 69.7 Å². The van der Waals surface area contributed by atoms with Crippen LogP contribution in [0.4, 0.5) is 0 Å². The second-order valence-corrected chi connectivity index (χ2v) is 11.0. The Morgan fingerprint density at radius 3 is 1.98 bits per heavy atom. The molecule has 0 bridgehead atoms. The van der Waals surface area contributed by atoms with Crippen LogP contribution in [0.25, 0.3) is 0 Å². The summed E-state index contributed by atoms with van der Waals surface area (Å²) in [6, 6.07) is 27.9. The van der Waals surface area contributed by atoms with E-state index < -0.39 is 0 Å². The van der Waals surface area contributed by atoms with E-state index >= 15 is 0 Å². The van der Waals surface area contributed by atoms with E-state index in [4.69, 9.17) is 0 Å². The molecule has 216 valence electrons. The molecule has 0 atom stereocenters. The molecule has 0 unspecified atom stereocenters. The van der Waals surface area contributed by atoms with Gasteiger partial charge in [-0.25, -0.2) is 0 Å². The normalized spacial score (nSPS) is 14.0. The van der Waals surface area contributed by atoms with Crippen molar-refractivity contribution in [3.63, 3.8) is 0 Å². The van der Waals surface area contributed by atoms with Crippen molar-refractivity contribution in [1.82, 2.24) is 15.1 Å². The summed E-state index contributed by atoms with van der Waals surface area (Å²) in [5.41, 5.74) is 4.33. The number of nitrogens with zero attached hydrogens (tertiary/aromatic N) is 2. The van der Waals surface area contributed by atoms with Crippen molar-refractivity contribution in [2.24, 2.45) is 0 Å². The Morgan fingerprint density at radius 1 is 0.805 bits per heavy atom. The van der Waals surface area contributed by atoms with Crippen LogP contribution in [-0.4, -0.2) is 53.7 Å². The number of benzene rings is 3. The van der Waals surface area contributed by atoms with Gasteiger partial charge in [0, 0.05) is 19.5 Å². The first-order chi connectivity index (χ1) is 20.0. The van der Waals surface area contributed by atoms with Crippen molar-refractivity contribution < 1.29 is 14.4 Å². The van der Waals surface area contributed by atoms with Crippen molar-refractivity contribution in [3.05, 3.63) is 107 Å². The number of nitrogens with one attached hydrogen (secondary N) is 1. The van der Waals surface area contributed by atoms with E-state index in [1.807, 2.05) is 67.6 Å². The van der Waals surface area contributed by atoms with E-state index in [1.165, 1.54) is 10.5 Å². The number of rotatable bonds is 13. The van der Waals surface area contributed by atoms with Gasteiger partial charge in [-0.3, -0.25) is 19.3 Å². The molecule has 0 spiro atoms. The van der Waals surface area contributed by atoms with E-state index in [0.717, 1.165) is 62.0 Å². The fraction of sp³-hybridized carbons (Fsp3) is 0.400. The molecule has 1 aliphatic heterocycles. The maximum absolute atomic E-state index is 13.2. The molecular formula is C35H43N3O3. The molecule has 1 saturated heterocycles. The molecule has 1 aliphatic rings. The lowest BCUT2D eigenvalue weighted by Gasteiger charge is -2.33. The third-order valence-electron chi connectivity index (χ3n) is 7.83. The van der Waals surface area contributed by atoms with E-state index in [9.17, 15) is 14.4 Å². The molecule has 6 nitrogen and oxygen atoms in total. The molecule has 3 aromatic rings. The first-order valence-corrected chi connectivity index (χ1v) is 15.0. The van der Waals surface area contributed by atoms with Crippen molar-refractivity contribution >= 4 is 17.7 Å². The Bertz CT molecular complexity index is 1200. The van der Waals surface area contributed by atoms with E-state index in [0.29, 0.717) is 25.4 Å². The van der Waals surface area contributed by atoms with Crippen molar-refractivity contribution in [3.8, 4) is 0 Å². The highest BCUT2D eigenvalue weighted by Crippen LogP contribution is 2.28. The van der Waals surface area contributed by atoms with E-state index in [1.54, 1.807) is 0 Å². The summed E-state index contributed by atoms with van der Waals surface area (Å²) in [4.78, 5) is 42.2. The molecule has 0 saturated carbocycles. The van der Waals surface area contributed by atoms with Gasteiger partial charge in [0.05, 0.1) is 12.8 Å². The van der Waals surface area contributed by atoms with Crippen molar-refractivity contribution in [2.75, 3.05) is 26.2 Å².